The number of benzene rings is 3. The molecular formula is C25H24N2O5. The minimum Gasteiger partial charge on any atom is -0.489 e. The second-order valence-electron chi connectivity index (χ2n) is 7.31. The second-order valence-corrected chi connectivity index (χ2v) is 7.31. The molecule has 0 saturated carbocycles. The maximum absolute atomic E-state index is 12.2. The van der Waals surface area contributed by atoms with E-state index in [1.807, 2.05) is 48.5 Å². The Hall–Kier alpha value is -4.00. The van der Waals surface area contributed by atoms with Crippen LogP contribution in [0.1, 0.15) is 24.0 Å². The molecule has 0 radical (unpaired) electrons. The van der Waals surface area contributed by atoms with Crippen LogP contribution in [0.5, 0.6) is 17.2 Å². The number of carbonyl (C=O) groups is 2. The molecule has 0 unspecified atom stereocenters. The number of hydrogen-bond donors (Lipinski definition) is 2. The lowest BCUT2D eigenvalue weighted by molar-refractivity contribution is -0.124. The number of carbonyl (C=O) groups excluding carboxylic acids is 2. The lowest BCUT2D eigenvalue weighted by Gasteiger charge is -2.09. The highest BCUT2D eigenvalue weighted by atomic mass is 16.7. The van der Waals surface area contributed by atoms with Crippen molar-refractivity contribution in [1.29, 1.82) is 0 Å². The molecule has 0 fully saturated rings. The van der Waals surface area contributed by atoms with E-state index in [1.165, 1.54) is 0 Å². The number of hydrogen-bond acceptors (Lipinski definition) is 5. The predicted molar refractivity (Wildman–Crippen MR) is 119 cm³/mol. The van der Waals surface area contributed by atoms with Gasteiger partial charge in [-0.3, -0.25) is 9.59 Å². The average molecular weight is 432 g/mol. The molecule has 3 aromatic rings. The van der Waals surface area contributed by atoms with Gasteiger partial charge in [0.05, 0.1) is 0 Å². The SMILES string of the molecule is O=C(CCC(=O)Nc1ccc(OCc2ccccc2)cc1)NCc1ccc2c(c1)OCO2. The summed E-state index contributed by atoms with van der Waals surface area (Å²) in [4.78, 5) is 24.2. The van der Waals surface area contributed by atoms with Crippen molar-refractivity contribution >= 4 is 17.5 Å². The first-order valence-electron chi connectivity index (χ1n) is 10.4. The standard InChI is InChI=1S/C25H24N2O5/c28-24(26-15-19-6-11-22-23(14-19)32-17-31-22)12-13-25(29)27-20-7-9-21(10-8-20)30-16-18-4-2-1-3-5-18/h1-11,14H,12-13,15-17H2,(H,26,28)(H,27,29). The van der Waals surface area contributed by atoms with E-state index in [2.05, 4.69) is 10.6 Å². The Bertz CT molecular complexity index is 1070. The summed E-state index contributed by atoms with van der Waals surface area (Å²) in [7, 11) is 0. The third-order valence-corrected chi connectivity index (χ3v) is 4.89. The number of fused-ring (bicyclic) bond motifs is 1. The van der Waals surface area contributed by atoms with Gasteiger partial charge < -0.3 is 24.8 Å². The molecule has 3 aromatic carbocycles. The monoisotopic (exact) mass is 432 g/mol. The zero-order chi connectivity index (χ0) is 22.2. The van der Waals surface area contributed by atoms with E-state index in [1.54, 1.807) is 24.3 Å². The summed E-state index contributed by atoms with van der Waals surface area (Å²) in [5.74, 6) is 1.68. The molecule has 0 spiro atoms. The molecule has 4 rings (SSSR count). The zero-order valence-corrected chi connectivity index (χ0v) is 17.5. The molecule has 164 valence electrons. The molecule has 0 aliphatic carbocycles. The van der Waals surface area contributed by atoms with Gasteiger partial charge in [-0.05, 0) is 47.5 Å². The molecule has 1 heterocycles. The van der Waals surface area contributed by atoms with Crippen LogP contribution in [0.15, 0.2) is 72.8 Å². The van der Waals surface area contributed by atoms with Gasteiger partial charge in [0.2, 0.25) is 18.6 Å². The minimum atomic E-state index is -0.221. The summed E-state index contributed by atoms with van der Waals surface area (Å²) in [6.45, 7) is 1.05. The molecule has 0 atom stereocenters. The molecule has 2 N–H and O–H groups in total. The van der Waals surface area contributed by atoms with Gasteiger partial charge in [-0.15, -0.1) is 0 Å². The van der Waals surface area contributed by atoms with Gasteiger partial charge in [0.25, 0.3) is 0 Å². The van der Waals surface area contributed by atoms with E-state index in [0.717, 1.165) is 16.9 Å². The topological polar surface area (TPSA) is 85.9 Å². The van der Waals surface area contributed by atoms with E-state index >= 15 is 0 Å². The molecule has 7 heteroatoms. The van der Waals surface area contributed by atoms with Gasteiger partial charge in [-0.2, -0.15) is 0 Å². The van der Waals surface area contributed by atoms with Crippen molar-refractivity contribution in [2.45, 2.75) is 26.0 Å². The summed E-state index contributed by atoms with van der Waals surface area (Å²) >= 11 is 0. The Morgan fingerprint density at radius 3 is 2.38 bits per heavy atom. The number of amides is 2. The zero-order valence-electron chi connectivity index (χ0n) is 17.5. The van der Waals surface area contributed by atoms with Crippen molar-refractivity contribution in [1.82, 2.24) is 5.32 Å². The fourth-order valence-electron chi connectivity index (χ4n) is 3.17. The highest BCUT2D eigenvalue weighted by Crippen LogP contribution is 2.32. The van der Waals surface area contributed by atoms with E-state index in [9.17, 15) is 9.59 Å². The van der Waals surface area contributed by atoms with E-state index in [-0.39, 0.29) is 31.4 Å². The van der Waals surface area contributed by atoms with E-state index in [4.69, 9.17) is 14.2 Å². The fourth-order valence-corrected chi connectivity index (χ4v) is 3.17. The van der Waals surface area contributed by atoms with Crippen molar-refractivity contribution < 1.29 is 23.8 Å². The Labute approximate surface area is 186 Å². The van der Waals surface area contributed by atoms with Crippen LogP contribution in [-0.4, -0.2) is 18.6 Å². The lowest BCUT2D eigenvalue weighted by Crippen LogP contribution is -2.24. The van der Waals surface area contributed by atoms with Crippen LogP contribution in [0.3, 0.4) is 0 Å². The fraction of sp³-hybridized carbons (Fsp3) is 0.200. The summed E-state index contributed by atoms with van der Waals surface area (Å²) in [6.07, 6.45) is 0.202. The highest BCUT2D eigenvalue weighted by Gasteiger charge is 2.13. The smallest absolute Gasteiger partial charge is 0.231 e. The van der Waals surface area contributed by atoms with Crippen molar-refractivity contribution in [3.63, 3.8) is 0 Å². The van der Waals surface area contributed by atoms with Gasteiger partial charge in [-0.25, -0.2) is 0 Å². The second kappa shape index (κ2) is 10.3. The van der Waals surface area contributed by atoms with Gasteiger partial charge in [-0.1, -0.05) is 36.4 Å². The van der Waals surface area contributed by atoms with Crippen LogP contribution in [0.4, 0.5) is 5.69 Å². The van der Waals surface area contributed by atoms with Crippen LogP contribution in [0, 0.1) is 0 Å². The van der Waals surface area contributed by atoms with Crippen molar-refractivity contribution in [2.75, 3.05) is 12.1 Å². The van der Waals surface area contributed by atoms with Crippen molar-refractivity contribution in [3.05, 3.63) is 83.9 Å². The molecular weight excluding hydrogens is 408 g/mol. The minimum absolute atomic E-state index is 0.0965. The molecule has 0 bridgehead atoms. The third kappa shape index (κ3) is 6.01. The Balaban J connectivity index is 1.16. The Kier molecular flexibility index (Phi) is 6.87. The predicted octanol–water partition coefficient (Wildman–Crippen LogP) is 4.03. The summed E-state index contributed by atoms with van der Waals surface area (Å²) in [5, 5.41) is 5.61. The van der Waals surface area contributed by atoms with Crippen molar-refractivity contribution in [3.8, 4) is 17.2 Å². The average Bonchev–Trinajstić information content (AvgIpc) is 3.30. The summed E-state index contributed by atoms with van der Waals surface area (Å²) < 4.78 is 16.3. The van der Waals surface area contributed by atoms with Crippen LogP contribution in [0.2, 0.25) is 0 Å². The molecule has 0 saturated heterocycles. The molecule has 2 amide bonds. The van der Waals surface area contributed by atoms with Gasteiger partial charge in [0.1, 0.15) is 12.4 Å². The lowest BCUT2D eigenvalue weighted by atomic mass is 10.2. The Morgan fingerprint density at radius 2 is 1.56 bits per heavy atom. The molecule has 0 aromatic heterocycles. The van der Waals surface area contributed by atoms with Crippen LogP contribution < -0.4 is 24.8 Å². The summed E-state index contributed by atoms with van der Waals surface area (Å²) in [5.41, 5.74) is 2.64. The quantitative estimate of drug-likeness (QED) is 0.533. The van der Waals surface area contributed by atoms with Gasteiger partial charge in [0.15, 0.2) is 11.5 Å². The first-order chi connectivity index (χ1) is 15.7. The maximum atomic E-state index is 12.2. The first-order valence-corrected chi connectivity index (χ1v) is 10.4. The third-order valence-electron chi connectivity index (χ3n) is 4.89. The Morgan fingerprint density at radius 1 is 0.812 bits per heavy atom. The molecule has 7 nitrogen and oxygen atoms in total. The summed E-state index contributed by atoms with van der Waals surface area (Å²) in [6, 6.07) is 22.6. The number of rotatable bonds is 9. The number of nitrogens with one attached hydrogen (secondary N) is 2. The van der Waals surface area contributed by atoms with Crippen molar-refractivity contribution in [2.24, 2.45) is 0 Å². The van der Waals surface area contributed by atoms with Crippen LogP contribution in [-0.2, 0) is 22.7 Å². The van der Waals surface area contributed by atoms with Gasteiger partial charge in [0, 0.05) is 25.1 Å². The highest BCUT2D eigenvalue weighted by molar-refractivity contribution is 5.93. The first kappa shape index (κ1) is 21.2. The van der Waals surface area contributed by atoms with E-state index in [0.29, 0.717) is 30.3 Å². The van der Waals surface area contributed by atoms with Crippen LogP contribution in [0.25, 0.3) is 0 Å². The maximum Gasteiger partial charge on any atom is 0.231 e. The largest absolute Gasteiger partial charge is 0.489 e. The number of anilines is 1. The normalized spacial score (nSPS) is 11.6. The van der Waals surface area contributed by atoms with Crippen LogP contribution >= 0.6 is 0 Å². The van der Waals surface area contributed by atoms with Gasteiger partial charge >= 0.3 is 0 Å². The molecule has 32 heavy (non-hydrogen) atoms. The number of ether oxygens (including phenoxy) is 3. The van der Waals surface area contributed by atoms with E-state index < -0.39 is 0 Å². The molecule has 1 aliphatic heterocycles. The molecule has 1 aliphatic rings.